The van der Waals surface area contributed by atoms with Crippen molar-refractivity contribution < 1.29 is 4.79 Å². The Morgan fingerprint density at radius 3 is 2.73 bits per heavy atom. The molecule has 1 aliphatic heterocycles. The fourth-order valence-corrected chi connectivity index (χ4v) is 4.00. The zero-order valence-electron chi connectivity index (χ0n) is 11.5. The molecule has 0 saturated carbocycles. The van der Waals surface area contributed by atoms with Gasteiger partial charge in [-0.3, -0.25) is 4.98 Å². The van der Waals surface area contributed by atoms with E-state index in [1.54, 1.807) is 47.3 Å². The maximum atomic E-state index is 12.6. The van der Waals surface area contributed by atoms with Gasteiger partial charge in [0, 0.05) is 30.3 Å². The summed E-state index contributed by atoms with van der Waals surface area (Å²) in [6.07, 6.45) is 3.50. The number of amides is 2. The van der Waals surface area contributed by atoms with Crippen molar-refractivity contribution in [3.63, 3.8) is 0 Å². The molecule has 1 aliphatic rings. The maximum Gasteiger partial charge on any atom is 0.323 e. The number of hydrogen-bond acceptors (Lipinski definition) is 3. The summed E-state index contributed by atoms with van der Waals surface area (Å²) >= 11 is 13.9. The molecule has 3 rings (SSSR count). The van der Waals surface area contributed by atoms with Gasteiger partial charge >= 0.3 is 6.03 Å². The van der Waals surface area contributed by atoms with Gasteiger partial charge in [-0.25, -0.2) is 4.79 Å². The van der Waals surface area contributed by atoms with Gasteiger partial charge in [0.2, 0.25) is 0 Å². The van der Waals surface area contributed by atoms with E-state index in [0.717, 1.165) is 11.3 Å². The molecule has 0 bridgehead atoms. The van der Waals surface area contributed by atoms with E-state index in [4.69, 9.17) is 23.2 Å². The summed E-state index contributed by atoms with van der Waals surface area (Å²) in [6, 6.07) is 8.76. The highest BCUT2D eigenvalue weighted by Crippen LogP contribution is 2.38. The molecule has 2 amide bonds. The topological polar surface area (TPSA) is 45.2 Å². The number of nitrogens with zero attached hydrogens (tertiary/aromatic N) is 2. The molecule has 2 aromatic rings. The van der Waals surface area contributed by atoms with Gasteiger partial charge in [0.25, 0.3) is 0 Å². The quantitative estimate of drug-likeness (QED) is 0.853. The van der Waals surface area contributed by atoms with Crippen molar-refractivity contribution >= 4 is 46.7 Å². The number of halogens is 2. The fraction of sp³-hybridized carbons (Fsp3) is 0.200. The average Bonchev–Trinajstić information content (AvgIpc) is 3.01. The van der Waals surface area contributed by atoms with E-state index >= 15 is 0 Å². The van der Waals surface area contributed by atoms with Crippen LogP contribution < -0.4 is 5.32 Å². The Morgan fingerprint density at radius 1 is 1.27 bits per heavy atom. The fourth-order valence-electron chi connectivity index (χ4n) is 2.27. The van der Waals surface area contributed by atoms with E-state index in [2.05, 4.69) is 10.3 Å². The van der Waals surface area contributed by atoms with Crippen LogP contribution in [0.25, 0.3) is 0 Å². The normalized spacial score (nSPS) is 17.5. The molecular formula is C15H13Cl2N3OS. The zero-order valence-corrected chi connectivity index (χ0v) is 13.8. The van der Waals surface area contributed by atoms with Crippen LogP contribution in [0.4, 0.5) is 10.5 Å². The van der Waals surface area contributed by atoms with E-state index in [1.807, 2.05) is 12.1 Å². The van der Waals surface area contributed by atoms with Gasteiger partial charge < -0.3 is 10.2 Å². The number of hydrogen-bond donors (Lipinski definition) is 1. The number of pyridine rings is 1. The molecule has 1 N–H and O–H groups in total. The van der Waals surface area contributed by atoms with Gasteiger partial charge in [-0.15, -0.1) is 11.8 Å². The predicted molar refractivity (Wildman–Crippen MR) is 91.6 cm³/mol. The van der Waals surface area contributed by atoms with Gasteiger partial charge in [-0.1, -0.05) is 35.3 Å². The van der Waals surface area contributed by atoms with E-state index in [-0.39, 0.29) is 11.4 Å². The minimum atomic E-state index is -0.214. The molecule has 7 heteroatoms. The number of para-hydroxylation sites is 1. The van der Waals surface area contributed by atoms with Gasteiger partial charge in [-0.05, 0) is 18.2 Å². The average molecular weight is 354 g/mol. The maximum absolute atomic E-state index is 12.6. The number of nitrogens with one attached hydrogen (secondary N) is 1. The van der Waals surface area contributed by atoms with Gasteiger partial charge in [0.1, 0.15) is 5.37 Å². The second kappa shape index (κ2) is 6.77. The third kappa shape index (κ3) is 3.16. The number of carbonyl (C=O) groups excluding carboxylic acids is 1. The largest absolute Gasteiger partial charge is 0.323 e. The second-order valence-electron chi connectivity index (χ2n) is 4.73. The van der Waals surface area contributed by atoms with Crippen molar-refractivity contribution in [2.45, 2.75) is 5.37 Å². The number of benzene rings is 1. The van der Waals surface area contributed by atoms with Crippen molar-refractivity contribution in [3.8, 4) is 0 Å². The molecule has 0 spiro atoms. The van der Waals surface area contributed by atoms with Crippen LogP contribution in [-0.4, -0.2) is 28.2 Å². The number of carbonyl (C=O) groups is 1. The monoisotopic (exact) mass is 353 g/mol. The predicted octanol–water partition coefficient (Wildman–Crippen LogP) is 4.67. The molecule has 0 aliphatic carbocycles. The number of thioether (sulfide) groups is 1. The number of urea groups is 1. The smallest absolute Gasteiger partial charge is 0.308 e. The zero-order chi connectivity index (χ0) is 15.5. The first-order valence-corrected chi connectivity index (χ1v) is 8.50. The van der Waals surface area contributed by atoms with Crippen molar-refractivity contribution in [3.05, 3.63) is 58.3 Å². The Labute approximate surface area is 142 Å². The Kier molecular flexibility index (Phi) is 4.76. The van der Waals surface area contributed by atoms with Crippen LogP contribution >= 0.6 is 35.0 Å². The molecule has 1 saturated heterocycles. The summed E-state index contributed by atoms with van der Waals surface area (Å²) in [5.74, 6) is 0.878. The highest BCUT2D eigenvalue weighted by Gasteiger charge is 2.31. The Balaban J connectivity index is 1.80. The molecule has 1 unspecified atom stereocenters. The molecule has 1 aromatic heterocycles. The number of anilines is 1. The van der Waals surface area contributed by atoms with Gasteiger partial charge in [-0.2, -0.15) is 0 Å². The molecule has 1 atom stereocenters. The molecule has 114 valence electrons. The van der Waals surface area contributed by atoms with Crippen LogP contribution in [0.1, 0.15) is 10.9 Å². The SMILES string of the molecule is O=C(Nc1c(Cl)cccc1Cl)N1CCSC1c1cccnc1. The number of aromatic nitrogens is 1. The van der Waals surface area contributed by atoms with E-state index in [0.29, 0.717) is 22.3 Å². The van der Waals surface area contributed by atoms with E-state index < -0.39 is 0 Å². The molecule has 22 heavy (non-hydrogen) atoms. The van der Waals surface area contributed by atoms with Crippen LogP contribution in [0, 0.1) is 0 Å². The Morgan fingerprint density at radius 2 is 2.05 bits per heavy atom. The molecular weight excluding hydrogens is 341 g/mol. The second-order valence-corrected chi connectivity index (χ2v) is 6.73. The molecule has 1 aromatic carbocycles. The van der Waals surface area contributed by atoms with Gasteiger partial charge in [0.05, 0.1) is 15.7 Å². The Hall–Kier alpha value is -1.43. The third-order valence-corrected chi connectivity index (χ3v) is 5.21. The highest BCUT2D eigenvalue weighted by molar-refractivity contribution is 7.99. The minimum absolute atomic E-state index is 0.0463. The first-order valence-electron chi connectivity index (χ1n) is 6.70. The highest BCUT2D eigenvalue weighted by atomic mass is 35.5. The molecule has 0 radical (unpaired) electrons. The van der Waals surface area contributed by atoms with Crippen LogP contribution in [0.2, 0.25) is 10.0 Å². The summed E-state index contributed by atoms with van der Waals surface area (Å²) in [5.41, 5.74) is 1.45. The first kappa shape index (κ1) is 15.5. The lowest BCUT2D eigenvalue weighted by molar-refractivity contribution is 0.214. The van der Waals surface area contributed by atoms with Crippen LogP contribution in [0.3, 0.4) is 0 Å². The first-order chi connectivity index (χ1) is 10.7. The van der Waals surface area contributed by atoms with Gasteiger partial charge in [0.15, 0.2) is 0 Å². The van der Waals surface area contributed by atoms with Crippen LogP contribution in [-0.2, 0) is 0 Å². The van der Waals surface area contributed by atoms with Crippen molar-refractivity contribution in [2.75, 3.05) is 17.6 Å². The lowest BCUT2D eigenvalue weighted by atomic mass is 10.2. The summed E-state index contributed by atoms with van der Waals surface area (Å²) in [5, 5.41) is 3.61. The number of rotatable bonds is 2. The summed E-state index contributed by atoms with van der Waals surface area (Å²) < 4.78 is 0. The van der Waals surface area contributed by atoms with E-state index in [9.17, 15) is 4.79 Å². The van der Waals surface area contributed by atoms with Crippen LogP contribution in [0.15, 0.2) is 42.7 Å². The van der Waals surface area contributed by atoms with Crippen molar-refractivity contribution in [2.24, 2.45) is 0 Å². The summed E-state index contributed by atoms with van der Waals surface area (Å²) in [4.78, 5) is 18.5. The van der Waals surface area contributed by atoms with Crippen molar-refractivity contribution in [1.29, 1.82) is 0 Å². The minimum Gasteiger partial charge on any atom is -0.308 e. The summed E-state index contributed by atoms with van der Waals surface area (Å²) in [7, 11) is 0. The standard InChI is InChI=1S/C15H13Cl2N3OS/c16-11-4-1-5-12(17)13(11)19-15(21)20-7-8-22-14(20)10-3-2-6-18-9-10/h1-6,9,14H,7-8H2,(H,19,21). The Bertz CT molecular complexity index is 663. The lowest BCUT2D eigenvalue weighted by Gasteiger charge is -2.24. The third-order valence-electron chi connectivity index (χ3n) is 3.32. The van der Waals surface area contributed by atoms with E-state index in [1.165, 1.54) is 0 Å². The molecule has 4 nitrogen and oxygen atoms in total. The van der Waals surface area contributed by atoms with Crippen LogP contribution in [0.5, 0.6) is 0 Å². The molecule has 2 heterocycles. The molecule has 1 fully saturated rings. The van der Waals surface area contributed by atoms with Crippen molar-refractivity contribution in [1.82, 2.24) is 9.88 Å². The summed E-state index contributed by atoms with van der Waals surface area (Å²) in [6.45, 7) is 0.665. The lowest BCUT2D eigenvalue weighted by Crippen LogP contribution is -2.34.